The third-order valence-electron chi connectivity index (χ3n) is 5.35. The number of nitrogens with one attached hydrogen (secondary N) is 1. The molecule has 0 aromatic carbocycles. The highest BCUT2D eigenvalue weighted by atomic mass is 32.2. The molecule has 5 heterocycles. The van der Waals surface area contributed by atoms with E-state index in [0.717, 1.165) is 51.6 Å². The van der Waals surface area contributed by atoms with Gasteiger partial charge in [0, 0.05) is 40.7 Å². The molecule has 1 aliphatic heterocycles. The Labute approximate surface area is 168 Å². The van der Waals surface area contributed by atoms with E-state index < -0.39 is 0 Å². The van der Waals surface area contributed by atoms with Crippen molar-refractivity contribution in [3.8, 4) is 11.1 Å². The second kappa shape index (κ2) is 7.07. The lowest BCUT2D eigenvalue weighted by atomic mass is 10.1. The van der Waals surface area contributed by atoms with Gasteiger partial charge in [0.05, 0.1) is 24.0 Å². The summed E-state index contributed by atoms with van der Waals surface area (Å²) in [4.78, 5) is 5.63. The van der Waals surface area contributed by atoms with Crippen LogP contribution in [0.3, 0.4) is 0 Å². The quantitative estimate of drug-likeness (QED) is 0.573. The molecule has 4 aromatic rings. The fourth-order valence-electron chi connectivity index (χ4n) is 3.90. The van der Waals surface area contributed by atoms with Crippen molar-refractivity contribution >= 4 is 17.3 Å². The van der Waals surface area contributed by atoms with Crippen LogP contribution in [0.4, 0.5) is 0 Å². The Morgan fingerprint density at radius 2 is 2.11 bits per heavy atom. The van der Waals surface area contributed by atoms with Gasteiger partial charge in [-0.25, -0.2) is 9.50 Å². The summed E-state index contributed by atoms with van der Waals surface area (Å²) in [6.07, 6.45) is 8.96. The van der Waals surface area contributed by atoms with Crippen LogP contribution in [0.1, 0.15) is 23.7 Å². The van der Waals surface area contributed by atoms with Crippen molar-refractivity contribution in [2.75, 3.05) is 13.1 Å². The zero-order valence-corrected chi connectivity index (χ0v) is 16.8. The standard InChI is InChI=1S/C21H22N6S/c1-14-10-24-26-13-16(9-19(21(14)26)28-20-5-3-4-7-23-20)18-12-25-27(15(18)2)17-6-8-22-11-17/h3-5,7,9-10,12-13,17,22H,6,8,11H2,1-2H3. The molecule has 1 aliphatic rings. The van der Waals surface area contributed by atoms with Gasteiger partial charge in [0.25, 0.3) is 0 Å². The SMILES string of the molecule is Cc1cnn2cc(-c3cnn(C4CCNC4)c3C)cc(Sc3ccccn3)c12. The zero-order valence-electron chi connectivity index (χ0n) is 16.0. The van der Waals surface area contributed by atoms with Gasteiger partial charge in [0.2, 0.25) is 0 Å². The first-order chi connectivity index (χ1) is 13.7. The number of pyridine rings is 2. The first kappa shape index (κ1) is 17.5. The Kier molecular flexibility index (Phi) is 4.41. The van der Waals surface area contributed by atoms with E-state index in [1.54, 1.807) is 11.8 Å². The van der Waals surface area contributed by atoms with Crippen LogP contribution >= 0.6 is 11.8 Å². The van der Waals surface area contributed by atoms with Crippen LogP contribution in [-0.2, 0) is 0 Å². The Morgan fingerprint density at radius 1 is 1.18 bits per heavy atom. The van der Waals surface area contributed by atoms with E-state index in [9.17, 15) is 0 Å². The van der Waals surface area contributed by atoms with Gasteiger partial charge in [-0.15, -0.1) is 0 Å². The van der Waals surface area contributed by atoms with Crippen molar-refractivity contribution in [1.29, 1.82) is 0 Å². The monoisotopic (exact) mass is 390 g/mol. The molecule has 6 nitrogen and oxygen atoms in total. The summed E-state index contributed by atoms with van der Waals surface area (Å²) >= 11 is 1.67. The minimum absolute atomic E-state index is 0.437. The summed E-state index contributed by atoms with van der Waals surface area (Å²) in [6, 6.07) is 8.67. The van der Waals surface area contributed by atoms with Crippen LogP contribution in [0.15, 0.2) is 59.0 Å². The van der Waals surface area contributed by atoms with Crippen LogP contribution in [0, 0.1) is 13.8 Å². The highest BCUT2D eigenvalue weighted by molar-refractivity contribution is 7.99. The van der Waals surface area contributed by atoms with E-state index in [0.29, 0.717) is 6.04 Å². The summed E-state index contributed by atoms with van der Waals surface area (Å²) in [5.41, 5.74) is 5.78. The van der Waals surface area contributed by atoms with Gasteiger partial charge in [-0.3, -0.25) is 4.68 Å². The molecule has 0 spiro atoms. The molecule has 0 amide bonds. The molecule has 142 valence electrons. The normalized spacial score (nSPS) is 16.9. The Morgan fingerprint density at radius 3 is 2.89 bits per heavy atom. The predicted molar refractivity (Wildman–Crippen MR) is 111 cm³/mol. The maximum atomic E-state index is 4.70. The van der Waals surface area contributed by atoms with E-state index in [-0.39, 0.29) is 0 Å². The number of rotatable bonds is 4. The van der Waals surface area contributed by atoms with Crippen molar-refractivity contribution < 1.29 is 0 Å². The maximum absolute atomic E-state index is 4.70. The van der Waals surface area contributed by atoms with Crippen molar-refractivity contribution in [2.24, 2.45) is 0 Å². The number of hydrogen-bond acceptors (Lipinski definition) is 5. The van der Waals surface area contributed by atoms with Gasteiger partial charge in [-0.05, 0) is 50.6 Å². The van der Waals surface area contributed by atoms with Gasteiger partial charge in [0.1, 0.15) is 5.03 Å². The molecule has 0 radical (unpaired) electrons. The van der Waals surface area contributed by atoms with Crippen molar-refractivity contribution in [1.82, 2.24) is 29.7 Å². The highest BCUT2D eigenvalue weighted by Crippen LogP contribution is 2.36. The third-order valence-corrected chi connectivity index (χ3v) is 6.33. The molecule has 1 N–H and O–H groups in total. The molecular weight excluding hydrogens is 368 g/mol. The van der Waals surface area contributed by atoms with Crippen molar-refractivity contribution in [3.63, 3.8) is 0 Å². The Hall–Kier alpha value is -2.64. The minimum Gasteiger partial charge on any atom is -0.315 e. The van der Waals surface area contributed by atoms with Crippen molar-refractivity contribution in [2.45, 2.75) is 36.2 Å². The fourth-order valence-corrected chi connectivity index (χ4v) is 4.92. The highest BCUT2D eigenvalue weighted by Gasteiger charge is 2.21. The van der Waals surface area contributed by atoms with E-state index in [2.05, 4.69) is 46.2 Å². The van der Waals surface area contributed by atoms with E-state index >= 15 is 0 Å². The maximum Gasteiger partial charge on any atom is 0.101 e. The predicted octanol–water partition coefficient (Wildman–Crippen LogP) is 3.90. The van der Waals surface area contributed by atoms with Gasteiger partial charge in [-0.1, -0.05) is 17.8 Å². The zero-order chi connectivity index (χ0) is 19.1. The van der Waals surface area contributed by atoms with E-state index in [1.165, 1.54) is 5.69 Å². The number of aryl methyl sites for hydroxylation is 1. The minimum atomic E-state index is 0.437. The third kappa shape index (κ3) is 3.00. The smallest absolute Gasteiger partial charge is 0.101 e. The molecule has 1 saturated heterocycles. The summed E-state index contributed by atoms with van der Waals surface area (Å²) < 4.78 is 4.14. The molecule has 1 unspecified atom stereocenters. The number of aromatic nitrogens is 5. The van der Waals surface area contributed by atoms with Gasteiger partial charge >= 0.3 is 0 Å². The Bertz CT molecular complexity index is 1120. The van der Waals surface area contributed by atoms with Crippen LogP contribution in [-0.4, -0.2) is 37.5 Å². The summed E-state index contributed by atoms with van der Waals surface area (Å²) in [5.74, 6) is 0. The summed E-state index contributed by atoms with van der Waals surface area (Å²) in [5, 5.41) is 13.7. The number of fused-ring (bicyclic) bond motifs is 1. The average molecular weight is 391 g/mol. The lowest BCUT2D eigenvalue weighted by molar-refractivity contribution is 0.480. The molecule has 0 bridgehead atoms. The second-order valence-corrected chi connectivity index (χ2v) is 8.28. The topological polar surface area (TPSA) is 60.0 Å². The molecule has 1 fully saturated rings. The number of hydrogen-bond donors (Lipinski definition) is 1. The van der Waals surface area contributed by atoms with Gasteiger partial charge in [-0.2, -0.15) is 10.2 Å². The Balaban J connectivity index is 1.61. The van der Waals surface area contributed by atoms with E-state index in [4.69, 9.17) is 5.10 Å². The molecule has 7 heteroatoms. The molecular formula is C21H22N6S. The number of nitrogens with zero attached hydrogens (tertiary/aromatic N) is 5. The molecule has 4 aromatic heterocycles. The van der Waals surface area contributed by atoms with Gasteiger partial charge in [0.15, 0.2) is 0 Å². The summed E-state index contributed by atoms with van der Waals surface area (Å²) in [7, 11) is 0. The first-order valence-electron chi connectivity index (χ1n) is 9.53. The molecule has 5 rings (SSSR count). The molecule has 0 aliphatic carbocycles. The van der Waals surface area contributed by atoms with Crippen LogP contribution in [0.5, 0.6) is 0 Å². The molecule has 0 saturated carbocycles. The van der Waals surface area contributed by atoms with Crippen LogP contribution in [0.2, 0.25) is 0 Å². The summed E-state index contributed by atoms with van der Waals surface area (Å²) in [6.45, 7) is 6.30. The van der Waals surface area contributed by atoms with Crippen molar-refractivity contribution in [3.05, 3.63) is 60.3 Å². The average Bonchev–Trinajstić information content (AvgIpc) is 3.43. The van der Waals surface area contributed by atoms with Gasteiger partial charge < -0.3 is 5.32 Å². The molecule has 28 heavy (non-hydrogen) atoms. The lowest BCUT2D eigenvalue weighted by Crippen LogP contribution is -2.15. The van der Waals surface area contributed by atoms with E-state index in [1.807, 2.05) is 41.3 Å². The molecule has 1 atom stereocenters. The lowest BCUT2D eigenvalue weighted by Gasteiger charge is -2.13. The first-order valence-corrected chi connectivity index (χ1v) is 10.3. The van der Waals surface area contributed by atoms with Crippen LogP contribution < -0.4 is 5.32 Å². The second-order valence-electron chi connectivity index (χ2n) is 7.22. The largest absolute Gasteiger partial charge is 0.315 e. The fraction of sp³-hybridized carbons (Fsp3) is 0.286. The van der Waals surface area contributed by atoms with Crippen LogP contribution in [0.25, 0.3) is 16.6 Å².